The van der Waals surface area contributed by atoms with Crippen LogP contribution in [0.4, 0.5) is 5.69 Å². The van der Waals surface area contributed by atoms with Gasteiger partial charge in [-0.2, -0.15) is 0 Å². The van der Waals surface area contributed by atoms with Crippen LogP contribution in [0.15, 0.2) is 65.6 Å². The molecule has 132 valence electrons. The third-order valence-corrected chi connectivity index (χ3v) is 4.41. The summed E-state index contributed by atoms with van der Waals surface area (Å²) in [5.74, 6) is -0.290. The Kier molecular flexibility index (Phi) is 5.24. The smallest absolute Gasteiger partial charge is 0.257 e. The minimum absolute atomic E-state index is 0.148. The van der Waals surface area contributed by atoms with E-state index in [2.05, 4.69) is 11.4 Å². The van der Waals surface area contributed by atoms with Crippen LogP contribution in [-0.4, -0.2) is 10.5 Å². The second kappa shape index (κ2) is 7.58. The van der Waals surface area contributed by atoms with Crippen LogP contribution in [-0.2, 0) is 6.54 Å². The Balaban J connectivity index is 1.86. The molecule has 1 heterocycles. The average molecular weight is 367 g/mol. The summed E-state index contributed by atoms with van der Waals surface area (Å²) in [6, 6.07) is 16.0. The second-order valence-electron chi connectivity index (χ2n) is 6.28. The lowest BCUT2D eigenvalue weighted by atomic mass is 10.1. The number of amides is 1. The molecule has 3 aromatic rings. The van der Waals surface area contributed by atoms with Crippen LogP contribution in [0.25, 0.3) is 0 Å². The summed E-state index contributed by atoms with van der Waals surface area (Å²) >= 11 is 5.94. The van der Waals surface area contributed by atoms with E-state index in [0.717, 1.165) is 16.7 Å². The van der Waals surface area contributed by atoms with E-state index < -0.39 is 0 Å². The first-order valence-corrected chi connectivity index (χ1v) is 8.64. The minimum atomic E-state index is -0.290. The van der Waals surface area contributed by atoms with E-state index >= 15 is 0 Å². The molecule has 4 nitrogen and oxygen atoms in total. The van der Waals surface area contributed by atoms with E-state index in [0.29, 0.717) is 22.8 Å². The highest BCUT2D eigenvalue weighted by molar-refractivity contribution is 6.30. The molecule has 0 radical (unpaired) electrons. The van der Waals surface area contributed by atoms with Gasteiger partial charge in [-0.25, -0.2) is 0 Å². The van der Waals surface area contributed by atoms with Crippen LogP contribution in [0.5, 0.6) is 0 Å². The first kappa shape index (κ1) is 18.0. The molecule has 0 unspecified atom stereocenters. The Bertz CT molecular complexity index is 1020. The van der Waals surface area contributed by atoms with Crippen LogP contribution in [0.1, 0.15) is 27.0 Å². The molecular weight excluding hydrogens is 348 g/mol. The van der Waals surface area contributed by atoms with Crippen molar-refractivity contribution >= 4 is 23.2 Å². The van der Waals surface area contributed by atoms with Crippen molar-refractivity contribution in [3.05, 3.63) is 98.4 Å². The number of nitrogens with zero attached hydrogens (tertiary/aromatic N) is 1. The van der Waals surface area contributed by atoms with Crippen molar-refractivity contribution in [3.8, 4) is 0 Å². The largest absolute Gasteiger partial charge is 0.322 e. The van der Waals surface area contributed by atoms with Gasteiger partial charge in [0.25, 0.3) is 11.5 Å². The highest BCUT2D eigenvalue weighted by Gasteiger charge is 2.10. The maximum Gasteiger partial charge on any atom is 0.257 e. The van der Waals surface area contributed by atoms with E-state index in [1.807, 2.05) is 26.0 Å². The van der Waals surface area contributed by atoms with Gasteiger partial charge in [0.15, 0.2) is 0 Å². The summed E-state index contributed by atoms with van der Waals surface area (Å²) in [5.41, 5.74) is 4.17. The van der Waals surface area contributed by atoms with Gasteiger partial charge < -0.3 is 9.88 Å². The summed E-state index contributed by atoms with van der Waals surface area (Å²) in [6.45, 7) is 4.45. The van der Waals surface area contributed by atoms with Crippen LogP contribution < -0.4 is 10.9 Å². The van der Waals surface area contributed by atoms with Gasteiger partial charge in [0.05, 0.1) is 12.1 Å². The monoisotopic (exact) mass is 366 g/mol. The third kappa shape index (κ3) is 4.21. The van der Waals surface area contributed by atoms with Crippen molar-refractivity contribution < 1.29 is 4.79 Å². The molecule has 3 rings (SSSR count). The van der Waals surface area contributed by atoms with Gasteiger partial charge in [-0.15, -0.1) is 0 Å². The van der Waals surface area contributed by atoms with Crippen molar-refractivity contribution in [1.29, 1.82) is 0 Å². The number of aromatic nitrogens is 1. The summed E-state index contributed by atoms with van der Waals surface area (Å²) in [5, 5.41) is 3.34. The molecular formula is C21H19ClN2O2. The molecule has 1 amide bonds. The molecule has 0 spiro atoms. The van der Waals surface area contributed by atoms with E-state index in [9.17, 15) is 9.59 Å². The second-order valence-corrected chi connectivity index (χ2v) is 6.71. The van der Waals surface area contributed by atoms with Gasteiger partial charge >= 0.3 is 0 Å². The third-order valence-electron chi connectivity index (χ3n) is 4.17. The van der Waals surface area contributed by atoms with Gasteiger partial charge in [0.2, 0.25) is 0 Å². The van der Waals surface area contributed by atoms with Crippen molar-refractivity contribution in [2.75, 3.05) is 5.32 Å². The molecule has 1 N–H and O–H groups in total. The Morgan fingerprint density at radius 3 is 2.65 bits per heavy atom. The highest BCUT2D eigenvalue weighted by atomic mass is 35.5. The van der Waals surface area contributed by atoms with Crippen LogP contribution in [0.2, 0.25) is 5.02 Å². The zero-order chi connectivity index (χ0) is 18.7. The zero-order valence-corrected chi connectivity index (χ0v) is 15.4. The number of pyridine rings is 1. The SMILES string of the molecule is Cc1ccc(C)c(Cn2cc(C(=O)Nc3cccc(Cl)c3)ccc2=O)c1. The van der Waals surface area contributed by atoms with Crippen molar-refractivity contribution in [2.45, 2.75) is 20.4 Å². The molecule has 0 bridgehead atoms. The molecule has 1 aromatic heterocycles. The topological polar surface area (TPSA) is 51.1 Å². The van der Waals surface area contributed by atoms with E-state index in [-0.39, 0.29) is 11.5 Å². The predicted octanol–water partition coefficient (Wildman–Crippen LogP) is 4.42. The number of benzene rings is 2. The number of carbonyl (C=O) groups excluding carboxylic acids is 1. The lowest BCUT2D eigenvalue weighted by molar-refractivity contribution is 0.102. The average Bonchev–Trinajstić information content (AvgIpc) is 2.60. The summed E-state index contributed by atoms with van der Waals surface area (Å²) in [6.07, 6.45) is 1.59. The van der Waals surface area contributed by atoms with E-state index in [1.54, 1.807) is 35.0 Å². The standard InChI is InChI=1S/C21H19ClN2O2/c1-14-6-7-15(2)17(10-14)13-24-12-16(8-9-20(24)25)21(26)23-19-5-3-4-18(22)11-19/h3-12H,13H2,1-2H3,(H,23,26). The van der Waals surface area contributed by atoms with Gasteiger partial charge in [0.1, 0.15) is 0 Å². The van der Waals surface area contributed by atoms with Crippen LogP contribution >= 0.6 is 11.6 Å². The predicted molar refractivity (Wildman–Crippen MR) is 105 cm³/mol. The lowest BCUT2D eigenvalue weighted by Gasteiger charge is -2.11. The van der Waals surface area contributed by atoms with Gasteiger partial charge in [0, 0.05) is 23.0 Å². The molecule has 0 saturated heterocycles. The minimum Gasteiger partial charge on any atom is -0.322 e. The number of carbonyl (C=O) groups is 1. The summed E-state index contributed by atoms with van der Waals surface area (Å²) < 4.78 is 1.55. The first-order valence-electron chi connectivity index (χ1n) is 8.26. The number of hydrogen-bond acceptors (Lipinski definition) is 2. The highest BCUT2D eigenvalue weighted by Crippen LogP contribution is 2.16. The fourth-order valence-electron chi connectivity index (χ4n) is 2.71. The number of anilines is 1. The fourth-order valence-corrected chi connectivity index (χ4v) is 2.90. The molecule has 0 aliphatic rings. The maximum absolute atomic E-state index is 12.5. The normalized spacial score (nSPS) is 10.6. The van der Waals surface area contributed by atoms with Crippen LogP contribution in [0.3, 0.4) is 0 Å². The maximum atomic E-state index is 12.5. The van der Waals surface area contributed by atoms with Crippen LogP contribution in [0, 0.1) is 13.8 Å². The Hall–Kier alpha value is -2.85. The van der Waals surface area contributed by atoms with Gasteiger partial charge in [-0.3, -0.25) is 9.59 Å². The van der Waals surface area contributed by atoms with E-state index in [1.165, 1.54) is 12.1 Å². The number of halogens is 1. The van der Waals surface area contributed by atoms with Gasteiger partial charge in [-0.05, 0) is 49.2 Å². The Morgan fingerprint density at radius 1 is 1.08 bits per heavy atom. The summed E-state index contributed by atoms with van der Waals surface area (Å²) in [4.78, 5) is 24.7. The number of aryl methyl sites for hydroxylation is 2. The van der Waals surface area contributed by atoms with Crippen molar-refractivity contribution in [2.24, 2.45) is 0 Å². The Morgan fingerprint density at radius 2 is 1.88 bits per heavy atom. The van der Waals surface area contributed by atoms with Gasteiger partial charge in [-0.1, -0.05) is 41.4 Å². The summed E-state index contributed by atoms with van der Waals surface area (Å²) in [7, 11) is 0. The number of nitrogens with one attached hydrogen (secondary N) is 1. The molecule has 0 saturated carbocycles. The quantitative estimate of drug-likeness (QED) is 0.743. The molecule has 0 aliphatic carbocycles. The fraction of sp³-hybridized carbons (Fsp3) is 0.143. The molecule has 0 atom stereocenters. The van der Waals surface area contributed by atoms with Crippen molar-refractivity contribution in [3.63, 3.8) is 0 Å². The molecule has 0 aliphatic heterocycles. The Labute approximate surface area is 157 Å². The lowest BCUT2D eigenvalue weighted by Crippen LogP contribution is -2.23. The number of rotatable bonds is 4. The molecule has 5 heteroatoms. The number of hydrogen-bond donors (Lipinski definition) is 1. The first-order chi connectivity index (χ1) is 12.4. The zero-order valence-electron chi connectivity index (χ0n) is 14.6. The van der Waals surface area contributed by atoms with E-state index in [4.69, 9.17) is 11.6 Å². The molecule has 0 fully saturated rings. The van der Waals surface area contributed by atoms with Crippen molar-refractivity contribution in [1.82, 2.24) is 4.57 Å². The molecule has 26 heavy (non-hydrogen) atoms. The molecule has 2 aromatic carbocycles.